The summed E-state index contributed by atoms with van der Waals surface area (Å²) in [7, 11) is 0. The van der Waals surface area contributed by atoms with E-state index in [1.807, 2.05) is 11.8 Å². The lowest BCUT2D eigenvalue weighted by Crippen LogP contribution is -2.03. The van der Waals surface area contributed by atoms with Crippen LogP contribution in [0.4, 0.5) is 0 Å². The van der Waals surface area contributed by atoms with Gasteiger partial charge in [0.25, 0.3) is 0 Å². The second-order valence-corrected chi connectivity index (χ2v) is 6.32. The van der Waals surface area contributed by atoms with Gasteiger partial charge in [0.2, 0.25) is 0 Å². The van der Waals surface area contributed by atoms with E-state index >= 15 is 0 Å². The molecule has 3 aliphatic carbocycles. The summed E-state index contributed by atoms with van der Waals surface area (Å²) >= 11 is 1.86. The van der Waals surface area contributed by atoms with Crippen LogP contribution in [-0.2, 0) is 0 Å². The van der Waals surface area contributed by atoms with Gasteiger partial charge < -0.3 is 0 Å². The summed E-state index contributed by atoms with van der Waals surface area (Å²) in [4.78, 5) is 1.42. The van der Waals surface area contributed by atoms with Gasteiger partial charge in [0, 0.05) is 10.8 Å². The maximum Gasteiger partial charge on any atom is 0.0322 e. The molecule has 0 radical (unpaired) electrons. The molecule has 0 fully saturated rings. The molecular formula is C19H16S. The number of hydrogen-bond acceptors (Lipinski definition) is 1. The normalized spacial score (nSPS) is 22.7. The summed E-state index contributed by atoms with van der Waals surface area (Å²) in [6.45, 7) is 2.26. The molecule has 0 nitrogen and oxygen atoms in total. The van der Waals surface area contributed by atoms with E-state index in [2.05, 4.69) is 67.8 Å². The Morgan fingerprint density at radius 1 is 1.10 bits per heavy atom. The van der Waals surface area contributed by atoms with Gasteiger partial charge in [-0.15, -0.1) is 11.8 Å². The Kier molecular flexibility index (Phi) is 2.64. The third-order valence-corrected chi connectivity index (χ3v) is 5.12. The monoisotopic (exact) mass is 276 g/mol. The summed E-state index contributed by atoms with van der Waals surface area (Å²) in [6, 6.07) is 8.79. The third kappa shape index (κ3) is 1.56. The van der Waals surface area contributed by atoms with Crippen molar-refractivity contribution in [3.63, 3.8) is 0 Å². The van der Waals surface area contributed by atoms with Gasteiger partial charge in [-0.25, -0.2) is 0 Å². The van der Waals surface area contributed by atoms with Crippen LogP contribution in [0.3, 0.4) is 0 Å². The second-order valence-electron chi connectivity index (χ2n) is 5.47. The molecule has 98 valence electrons. The molecule has 3 aliphatic rings. The Balaban J connectivity index is 1.92. The largest absolute Gasteiger partial charge is 0.129 e. The Hall–Kier alpha value is -1.73. The number of fused-ring (bicyclic) bond motifs is 2. The Labute approximate surface area is 124 Å². The minimum Gasteiger partial charge on any atom is -0.129 e. The van der Waals surface area contributed by atoms with E-state index in [4.69, 9.17) is 0 Å². The smallest absolute Gasteiger partial charge is 0.0322 e. The summed E-state index contributed by atoms with van der Waals surface area (Å²) in [5.74, 6) is 0.425. The van der Waals surface area contributed by atoms with Crippen LogP contribution in [-0.4, -0.2) is 6.26 Å². The lowest BCUT2D eigenvalue weighted by Gasteiger charge is -2.19. The molecule has 0 heterocycles. The topological polar surface area (TPSA) is 0 Å². The van der Waals surface area contributed by atoms with Crippen molar-refractivity contribution in [3.8, 4) is 0 Å². The predicted molar refractivity (Wildman–Crippen MR) is 88.7 cm³/mol. The fraction of sp³-hybridized carbons (Fsp3) is 0.158. The molecule has 1 aromatic rings. The van der Waals surface area contributed by atoms with Crippen molar-refractivity contribution in [1.29, 1.82) is 0 Å². The highest BCUT2D eigenvalue weighted by Crippen LogP contribution is 2.51. The molecule has 1 unspecified atom stereocenters. The van der Waals surface area contributed by atoms with Crippen LogP contribution in [0.2, 0.25) is 0 Å². The van der Waals surface area contributed by atoms with Crippen molar-refractivity contribution in [1.82, 2.24) is 0 Å². The Morgan fingerprint density at radius 3 is 2.80 bits per heavy atom. The van der Waals surface area contributed by atoms with Crippen LogP contribution >= 0.6 is 11.8 Å². The van der Waals surface area contributed by atoms with Crippen LogP contribution in [0.1, 0.15) is 24.0 Å². The van der Waals surface area contributed by atoms with Crippen LogP contribution in [0.25, 0.3) is 6.08 Å². The van der Waals surface area contributed by atoms with Crippen molar-refractivity contribution < 1.29 is 0 Å². The average molecular weight is 276 g/mol. The predicted octanol–water partition coefficient (Wildman–Crippen LogP) is 5.24. The van der Waals surface area contributed by atoms with Crippen molar-refractivity contribution >= 4 is 17.8 Å². The lowest BCUT2D eigenvalue weighted by atomic mass is 9.87. The summed E-state index contributed by atoms with van der Waals surface area (Å²) in [6.07, 6.45) is 13.5. The summed E-state index contributed by atoms with van der Waals surface area (Å²) < 4.78 is 0. The molecule has 0 aliphatic heterocycles. The van der Waals surface area contributed by atoms with Crippen molar-refractivity contribution in [2.24, 2.45) is 0 Å². The average Bonchev–Trinajstić information content (AvgIpc) is 3.10. The quantitative estimate of drug-likeness (QED) is 0.711. The molecule has 1 atom stereocenters. The number of allylic oxidation sites excluding steroid dienone is 8. The van der Waals surface area contributed by atoms with Crippen LogP contribution < -0.4 is 0 Å². The van der Waals surface area contributed by atoms with Crippen molar-refractivity contribution in [2.75, 3.05) is 6.26 Å². The fourth-order valence-corrected chi connectivity index (χ4v) is 4.18. The molecule has 0 spiro atoms. The lowest BCUT2D eigenvalue weighted by molar-refractivity contribution is 0.969. The highest BCUT2D eigenvalue weighted by atomic mass is 32.2. The zero-order chi connectivity index (χ0) is 13.7. The van der Waals surface area contributed by atoms with E-state index in [0.29, 0.717) is 5.92 Å². The Morgan fingerprint density at radius 2 is 1.95 bits per heavy atom. The molecule has 20 heavy (non-hydrogen) atoms. The SMILES string of the molecule is CSC1=CC2=CC=CC2=C1C1C(C)=Cc2ccccc21. The van der Waals surface area contributed by atoms with Gasteiger partial charge in [0.15, 0.2) is 0 Å². The second kappa shape index (κ2) is 4.39. The zero-order valence-corrected chi connectivity index (χ0v) is 12.5. The van der Waals surface area contributed by atoms with E-state index < -0.39 is 0 Å². The molecule has 0 bridgehead atoms. The summed E-state index contributed by atoms with van der Waals surface area (Å²) in [5.41, 5.74) is 8.58. The van der Waals surface area contributed by atoms with Crippen molar-refractivity contribution in [2.45, 2.75) is 12.8 Å². The molecule has 0 amide bonds. The number of rotatable bonds is 2. The molecular weight excluding hydrogens is 260 g/mol. The van der Waals surface area contributed by atoms with Gasteiger partial charge in [-0.1, -0.05) is 54.1 Å². The van der Waals surface area contributed by atoms with Gasteiger partial charge in [0.05, 0.1) is 0 Å². The first kappa shape index (κ1) is 12.0. The number of benzene rings is 1. The molecule has 1 heteroatoms. The van der Waals surface area contributed by atoms with Gasteiger partial charge >= 0.3 is 0 Å². The number of thioether (sulfide) groups is 1. The van der Waals surface area contributed by atoms with Gasteiger partial charge in [0.1, 0.15) is 0 Å². The maximum atomic E-state index is 2.34. The van der Waals surface area contributed by atoms with Crippen LogP contribution in [0.5, 0.6) is 0 Å². The molecule has 0 saturated heterocycles. The maximum absolute atomic E-state index is 2.34. The first-order valence-electron chi connectivity index (χ1n) is 6.95. The van der Waals surface area contributed by atoms with Crippen molar-refractivity contribution in [3.05, 3.63) is 86.9 Å². The van der Waals surface area contributed by atoms with Gasteiger partial charge in [-0.3, -0.25) is 0 Å². The van der Waals surface area contributed by atoms with E-state index in [1.54, 1.807) is 0 Å². The first-order valence-corrected chi connectivity index (χ1v) is 8.18. The third-order valence-electron chi connectivity index (χ3n) is 4.35. The van der Waals surface area contributed by atoms with E-state index in [-0.39, 0.29) is 0 Å². The highest BCUT2D eigenvalue weighted by molar-refractivity contribution is 8.02. The minimum atomic E-state index is 0.425. The molecule has 0 N–H and O–H groups in total. The standard InChI is InChI=1S/C19H16S/c1-12-10-13-6-3-4-8-15(13)18(12)19-16-9-5-7-14(16)11-17(19)20-2/h3-11,18H,1-2H3. The van der Waals surface area contributed by atoms with Gasteiger partial charge in [-0.2, -0.15) is 0 Å². The summed E-state index contributed by atoms with van der Waals surface area (Å²) in [5, 5.41) is 0. The van der Waals surface area contributed by atoms with Gasteiger partial charge in [-0.05, 0) is 47.1 Å². The molecule has 4 rings (SSSR count). The minimum absolute atomic E-state index is 0.425. The molecule has 1 aromatic carbocycles. The zero-order valence-electron chi connectivity index (χ0n) is 11.7. The number of hydrogen-bond donors (Lipinski definition) is 0. The van der Waals surface area contributed by atoms with E-state index in [1.165, 1.54) is 38.3 Å². The fourth-order valence-electron chi connectivity index (χ4n) is 3.49. The first-order chi connectivity index (χ1) is 9.79. The van der Waals surface area contributed by atoms with E-state index in [9.17, 15) is 0 Å². The Bertz CT molecular complexity index is 754. The van der Waals surface area contributed by atoms with E-state index in [0.717, 1.165) is 0 Å². The highest BCUT2D eigenvalue weighted by Gasteiger charge is 2.33. The van der Waals surface area contributed by atoms with Crippen LogP contribution in [0.15, 0.2) is 75.8 Å². The van der Waals surface area contributed by atoms with Crippen LogP contribution in [0, 0.1) is 0 Å². The molecule has 0 aromatic heterocycles. The molecule has 0 saturated carbocycles.